The molecule has 0 amide bonds. The van der Waals surface area contributed by atoms with Crippen LogP contribution in [0.25, 0.3) is 0 Å². The Morgan fingerprint density at radius 1 is 0.431 bits per heavy atom. The van der Waals surface area contributed by atoms with Gasteiger partial charge < -0.3 is 19.4 Å². The summed E-state index contributed by atoms with van der Waals surface area (Å²) in [4.78, 5) is 51.2. The molecule has 0 aliphatic heterocycles. The Morgan fingerprint density at radius 3 is 0.923 bits per heavy atom. The number of hydrogen-bond donors (Lipinski definition) is 3. The first kappa shape index (κ1) is 69.8. The number of carboxylic acids is 3. The molecule has 0 aromatic heterocycles. The zero-order chi connectivity index (χ0) is 47.3. The van der Waals surface area contributed by atoms with Crippen LogP contribution in [-0.4, -0.2) is 56.0 Å². The van der Waals surface area contributed by atoms with Gasteiger partial charge >= 0.3 is 24.1 Å². The third-order valence-electron chi connectivity index (χ3n) is 13.4. The fraction of sp³-hybridized carbons (Fsp3) is 0.926. The number of carbonyl (C=O) groups excluding carboxylic acids is 2. The molecule has 0 radical (unpaired) electrons. The van der Waals surface area contributed by atoms with Gasteiger partial charge in [0.1, 0.15) is 0 Å². The van der Waals surface area contributed by atoms with E-state index >= 15 is 0 Å². The van der Waals surface area contributed by atoms with Crippen molar-refractivity contribution in [3.63, 3.8) is 0 Å². The minimum absolute atomic E-state index is 0. The molecule has 388 valence electrons. The van der Waals surface area contributed by atoms with Gasteiger partial charge in [0.15, 0.2) is 16.6 Å². The van der Waals surface area contributed by atoms with E-state index < -0.39 is 40.5 Å². The summed E-state index contributed by atoms with van der Waals surface area (Å²) in [6.45, 7) is 11.1. The number of carbonyl (C=O) groups is 3. The number of carboxylic acid groups (broad SMARTS) is 3. The molecule has 4 unspecified atom stereocenters. The predicted molar refractivity (Wildman–Crippen MR) is 280 cm³/mol. The maximum Gasteiger partial charge on any atom is 0.373 e. The van der Waals surface area contributed by atoms with Gasteiger partial charge in [-0.25, -0.2) is 0 Å². The van der Waals surface area contributed by atoms with Gasteiger partial charge in [-0.2, -0.15) is 9.59 Å². The summed E-state index contributed by atoms with van der Waals surface area (Å²) in [6, 6.07) is 4.00. The smallest absolute Gasteiger partial charge is 0.373 e. The molecule has 0 saturated heterocycles. The van der Waals surface area contributed by atoms with Gasteiger partial charge in [0, 0.05) is 0 Å². The van der Waals surface area contributed by atoms with Crippen LogP contribution in [0.4, 0.5) is 0 Å². The highest BCUT2D eigenvalue weighted by molar-refractivity contribution is 6.86. The topological polar surface area (TPSA) is 155 Å². The Kier molecular flexibility index (Phi) is 53.7. The van der Waals surface area contributed by atoms with Crippen LogP contribution in [0.1, 0.15) is 273 Å². The molecule has 3 N–H and O–H groups in total. The average Bonchev–Trinajstić information content (AvgIpc) is 3.23. The van der Waals surface area contributed by atoms with Crippen molar-refractivity contribution >= 4 is 40.7 Å². The predicted octanol–water partition coefficient (Wildman–Crippen LogP) is 17.8. The first-order valence-electron chi connectivity index (χ1n) is 26.7. The van der Waals surface area contributed by atoms with E-state index in [-0.39, 0.29) is 33.3 Å². The van der Waals surface area contributed by atoms with Crippen molar-refractivity contribution in [3.05, 3.63) is 0 Å². The highest BCUT2D eigenvalue weighted by Gasteiger charge is 2.39. The fourth-order valence-electron chi connectivity index (χ4n) is 9.29. The first-order valence-corrected chi connectivity index (χ1v) is 32.3. The van der Waals surface area contributed by atoms with E-state index in [9.17, 15) is 29.7 Å². The van der Waals surface area contributed by atoms with Crippen molar-refractivity contribution in [3.8, 4) is 0 Å². The molecular formula is C54H110O9Si2. The van der Waals surface area contributed by atoms with Crippen molar-refractivity contribution in [2.24, 2.45) is 11.8 Å². The maximum absolute atomic E-state index is 11.9. The molecule has 9 nitrogen and oxygen atoms in total. The number of aliphatic carboxylic acids is 3. The van der Waals surface area contributed by atoms with Gasteiger partial charge in [0.05, 0.1) is 18.3 Å². The molecule has 0 aromatic rings. The summed E-state index contributed by atoms with van der Waals surface area (Å²) < 4.78 is 7.51. The molecule has 4 atom stereocenters. The molecule has 0 fully saturated rings. The highest BCUT2D eigenvalue weighted by atomic mass is 28.4. The molecule has 0 aliphatic carbocycles. The average molecular weight is 960 g/mol. The van der Waals surface area contributed by atoms with Gasteiger partial charge in [0.25, 0.3) is 0 Å². The van der Waals surface area contributed by atoms with E-state index in [1.54, 1.807) is 0 Å². The second kappa shape index (κ2) is 50.1. The van der Waals surface area contributed by atoms with Crippen LogP contribution in [0.2, 0.25) is 37.3 Å². The van der Waals surface area contributed by atoms with Crippen LogP contribution in [0.15, 0.2) is 0 Å². The van der Waals surface area contributed by atoms with E-state index in [1.165, 1.54) is 199 Å². The summed E-state index contributed by atoms with van der Waals surface area (Å²) in [5.41, 5.74) is 0. The van der Waals surface area contributed by atoms with Gasteiger partial charge in [-0.3, -0.25) is 14.4 Å². The number of rotatable bonds is 48. The molecule has 11 heteroatoms. The third-order valence-corrected chi connectivity index (χ3v) is 23.0. The molecule has 0 heterocycles. The van der Waals surface area contributed by atoms with Gasteiger partial charge in [-0.1, -0.05) is 254 Å². The highest BCUT2D eigenvalue weighted by Crippen LogP contribution is 2.34. The second-order valence-electron chi connectivity index (χ2n) is 19.8. The van der Waals surface area contributed by atoms with Crippen molar-refractivity contribution in [2.75, 3.05) is 0 Å². The minimum atomic E-state index is -2.24. The van der Waals surface area contributed by atoms with Gasteiger partial charge in [-0.15, -0.1) is 0 Å². The first-order chi connectivity index (χ1) is 30.3. The second-order valence-corrected chi connectivity index (χ2v) is 28.5. The monoisotopic (exact) mass is 959 g/mol. The third kappa shape index (κ3) is 48.4. The van der Waals surface area contributed by atoms with Crippen LogP contribution in [0.3, 0.4) is 0 Å². The van der Waals surface area contributed by atoms with Crippen LogP contribution in [-0.2, 0) is 28.1 Å². The lowest BCUT2D eigenvalue weighted by Gasteiger charge is -2.39. The SMILES string of the molecule is C.C.CCCCCCCCCCCCCCCCCC[Si](C)(CCCC(C)C(=O)O)O[Si](C)(CCCCCCCCCCCCCCCCCC)CCCC(CC(=O)O)C(=O)O.O=C=O. The Labute approximate surface area is 404 Å². The molecule has 0 bridgehead atoms. The van der Waals surface area contributed by atoms with E-state index in [0.717, 1.165) is 37.0 Å². The van der Waals surface area contributed by atoms with Crippen LogP contribution >= 0.6 is 0 Å². The minimum Gasteiger partial charge on any atom is -0.481 e. The molecule has 0 rings (SSSR count). The van der Waals surface area contributed by atoms with E-state index in [2.05, 4.69) is 26.9 Å². The van der Waals surface area contributed by atoms with Crippen LogP contribution in [0, 0.1) is 11.8 Å². The van der Waals surface area contributed by atoms with Crippen molar-refractivity contribution < 1.29 is 43.4 Å². The molecule has 0 saturated carbocycles. The van der Waals surface area contributed by atoms with Crippen molar-refractivity contribution in [1.82, 2.24) is 0 Å². The standard InChI is InChI=1S/C51H102O7Si2.CO2.2CH4/c1-6-8-10-12-14-16-18-20-22-24-26-28-30-32-34-36-42-59(4,44-38-40-47(3)50(54)55)58-60(5,45-39-41-48(51(56)57)46-49(52)53)43-37-35-33-31-29-27-25-23-21-19-17-15-13-11-9-7-2;2-1-3;;/h47-48H,6-46H2,1-5H3,(H,52,53)(H,54,55)(H,56,57);;2*1H4. The van der Waals surface area contributed by atoms with Gasteiger partial charge in [-0.05, 0) is 50.1 Å². The number of unbranched alkanes of at least 4 members (excludes halogenated alkanes) is 30. The Balaban J connectivity index is -0.00000361. The Hall–Kier alpha value is -1.82. The van der Waals surface area contributed by atoms with Crippen molar-refractivity contribution in [2.45, 2.75) is 310 Å². The van der Waals surface area contributed by atoms with Crippen LogP contribution < -0.4 is 0 Å². The zero-order valence-electron chi connectivity index (χ0n) is 41.9. The summed E-state index contributed by atoms with van der Waals surface area (Å²) >= 11 is 0. The fourth-order valence-corrected chi connectivity index (χ4v) is 20.1. The molecule has 0 spiro atoms. The maximum atomic E-state index is 11.9. The van der Waals surface area contributed by atoms with Gasteiger partial charge in [0.2, 0.25) is 0 Å². The normalized spacial score (nSPS) is 13.7. The molecule has 0 aromatic carbocycles. The van der Waals surface area contributed by atoms with E-state index in [0.29, 0.717) is 19.3 Å². The van der Waals surface area contributed by atoms with E-state index in [4.69, 9.17) is 13.7 Å². The van der Waals surface area contributed by atoms with Crippen molar-refractivity contribution in [1.29, 1.82) is 0 Å². The van der Waals surface area contributed by atoms with Crippen LogP contribution in [0.5, 0.6) is 0 Å². The Morgan fingerprint density at radius 2 is 0.677 bits per heavy atom. The summed E-state index contributed by atoms with van der Waals surface area (Å²) in [5, 5.41) is 28.6. The number of hydrogen-bond acceptors (Lipinski definition) is 6. The lowest BCUT2D eigenvalue weighted by Crippen LogP contribution is -2.48. The largest absolute Gasteiger partial charge is 0.481 e. The van der Waals surface area contributed by atoms with E-state index in [1.807, 2.05) is 6.92 Å². The summed E-state index contributed by atoms with van der Waals surface area (Å²) in [5.74, 6) is -4.01. The zero-order valence-corrected chi connectivity index (χ0v) is 43.9. The Bertz CT molecular complexity index is 1100. The quantitative estimate of drug-likeness (QED) is 0.0399. The molecular weight excluding hydrogens is 849 g/mol. The lowest BCUT2D eigenvalue weighted by molar-refractivity contribution is -0.191. The summed E-state index contributed by atoms with van der Waals surface area (Å²) in [6.07, 6.45) is 45.5. The molecule has 0 aliphatic rings. The summed E-state index contributed by atoms with van der Waals surface area (Å²) in [7, 11) is -4.41. The molecule has 65 heavy (non-hydrogen) atoms. The lowest BCUT2D eigenvalue weighted by atomic mass is 10.0.